The topological polar surface area (TPSA) is 122 Å². The van der Waals surface area contributed by atoms with E-state index in [4.69, 9.17) is 0 Å². The van der Waals surface area contributed by atoms with Crippen LogP contribution >= 0.6 is 0 Å². The molecule has 0 bridgehead atoms. The maximum absolute atomic E-state index is 12.3. The Balaban J connectivity index is 1.76. The van der Waals surface area contributed by atoms with E-state index < -0.39 is 10.8 Å². The summed E-state index contributed by atoms with van der Waals surface area (Å²) in [4.78, 5) is 31.1. The number of carbonyl (C=O) groups excluding carboxylic acids is 1. The maximum atomic E-state index is 12.3. The van der Waals surface area contributed by atoms with Crippen LogP contribution in [0.1, 0.15) is 21.5 Å². The molecule has 1 amide bonds. The number of nitrogens with one attached hydrogen (secondary N) is 3. The molecule has 0 fully saturated rings. The molecule has 3 aromatic rings. The number of hydrogen-bond acceptors (Lipinski definition) is 7. The van der Waals surface area contributed by atoms with Crippen molar-refractivity contribution in [2.45, 2.75) is 13.5 Å². The first kappa shape index (κ1) is 18.8. The molecule has 142 valence electrons. The average Bonchev–Trinajstić information content (AvgIpc) is 2.71. The zero-order valence-corrected chi connectivity index (χ0v) is 15.0. The molecule has 0 atom stereocenters. The van der Waals surface area contributed by atoms with Crippen molar-refractivity contribution < 1.29 is 9.72 Å². The minimum atomic E-state index is -0.602. The fourth-order valence-electron chi connectivity index (χ4n) is 2.57. The van der Waals surface area contributed by atoms with Crippen LogP contribution in [0, 0.1) is 17.0 Å². The highest BCUT2D eigenvalue weighted by Gasteiger charge is 2.23. The van der Waals surface area contributed by atoms with Crippen molar-refractivity contribution >= 4 is 23.2 Å². The summed E-state index contributed by atoms with van der Waals surface area (Å²) in [5.74, 6) is -0.487. The number of benzene rings is 2. The van der Waals surface area contributed by atoms with Gasteiger partial charge in [-0.25, -0.2) is 9.97 Å². The number of hydrazine groups is 1. The number of carbonyl (C=O) groups is 1. The van der Waals surface area contributed by atoms with Crippen molar-refractivity contribution in [3.8, 4) is 0 Å². The van der Waals surface area contributed by atoms with Gasteiger partial charge < -0.3 is 5.32 Å². The second-order valence-electron chi connectivity index (χ2n) is 5.91. The molecule has 0 aliphatic carbocycles. The zero-order chi connectivity index (χ0) is 19.9. The first-order valence-electron chi connectivity index (χ1n) is 8.45. The fourth-order valence-corrected chi connectivity index (χ4v) is 2.57. The number of nitrogens with zero attached hydrogens (tertiary/aromatic N) is 3. The van der Waals surface area contributed by atoms with Crippen molar-refractivity contribution in [3.63, 3.8) is 0 Å². The molecule has 9 nitrogen and oxygen atoms in total. The van der Waals surface area contributed by atoms with Gasteiger partial charge in [0.05, 0.1) is 4.92 Å². The third-order valence-corrected chi connectivity index (χ3v) is 3.99. The van der Waals surface area contributed by atoms with E-state index in [-0.39, 0.29) is 17.3 Å². The van der Waals surface area contributed by atoms with Gasteiger partial charge in [0.25, 0.3) is 5.91 Å². The van der Waals surface area contributed by atoms with Crippen molar-refractivity contribution in [1.29, 1.82) is 0 Å². The summed E-state index contributed by atoms with van der Waals surface area (Å²) in [7, 11) is 0. The van der Waals surface area contributed by atoms with Crippen LogP contribution in [0.4, 0.5) is 17.3 Å². The van der Waals surface area contributed by atoms with Crippen molar-refractivity contribution in [2.75, 3.05) is 10.7 Å². The quantitative estimate of drug-likeness (QED) is 0.426. The molecule has 0 aliphatic rings. The molecule has 0 radical (unpaired) electrons. The van der Waals surface area contributed by atoms with Crippen LogP contribution in [0.5, 0.6) is 0 Å². The van der Waals surface area contributed by atoms with E-state index in [1.807, 2.05) is 36.4 Å². The highest BCUT2D eigenvalue weighted by atomic mass is 16.6. The predicted molar refractivity (Wildman–Crippen MR) is 105 cm³/mol. The molecule has 2 aromatic carbocycles. The maximum Gasteiger partial charge on any atom is 0.354 e. The molecule has 0 aliphatic heterocycles. The van der Waals surface area contributed by atoms with Gasteiger partial charge in [-0.05, 0) is 24.1 Å². The molecule has 3 N–H and O–H groups in total. The smallest absolute Gasteiger partial charge is 0.354 e. The minimum absolute atomic E-state index is 0.0523. The van der Waals surface area contributed by atoms with E-state index in [1.165, 1.54) is 6.33 Å². The van der Waals surface area contributed by atoms with Gasteiger partial charge in [0.1, 0.15) is 6.33 Å². The number of rotatable bonds is 7. The van der Waals surface area contributed by atoms with Gasteiger partial charge in [-0.1, -0.05) is 48.5 Å². The normalized spacial score (nSPS) is 10.2. The number of nitro groups is 1. The summed E-state index contributed by atoms with van der Waals surface area (Å²) in [5, 5.41) is 14.5. The van der Waals surface area contributed by atoms with E-state index >= 15 is 0 Å². The summed E-state index contributed by atoms with van der Waals surface area (Å²) in [5.41, 5.74) is 6.79. The molecular weight excluding hydrogens is 360 g/mol. The Kier molecular flexibility index (Phi) is 5.75. The highest BCUT2D eigenvalue weighted by molar-refractivity contribution is 5.96. The van der Waals surface area contributed by atoms with E-state index in [1.54, 1.807) is 25.1 Å². The Bertz CT molecular complexity index is 994. The molecule has 0 saturated heterocycles. The molecule has 28 heavy (non-hydrogen) atoms. The van der Waals surface area contributed by atoms with Gasteiger partial charge in [0, 0.05) is 12.1 Å². The molecule has 0 unspecified atom stereocenters. The number of amides is 1. The van der Waals surface area contributed by atoms with Crippen LogP contribution in [-0.4, -0.2) is 20.8 Å². The SMILES string of the molecule is Cc1ccccc1C(=O)NNc1ncnc(NCc2ccccc2)c1[N+](=O)[O-]. The largest absolute Gasteiger partial charge is 0.360 e. The Labute approximate surface area is 161 Å². The molecule has 1 aromatic heterocycles. The number of hydrogen-bond donors (Lipinski definition) is 3. The monoisotopic (exact) mass is 378 g/mol. The predicted octanol–water partition coefficient (Wildman–Crippen LogP) is 3.06. The average molecular weight is 378 g/mol. The summed E-state index contributed by atoms with van der Waals surface area (Å²) < 4.78 is 0. The van der Waals surface area contributed by atoms with Gasteiger partial charge >= 0.3 is 5.69 Å². The minimum Gasteiger partial charge on any atom is -0.360 e. The van der Waals surface area contributed by atoms with E-state index in [0.717, 1.165) is 11.1 Å². The second-order valence-corrected chi connectivity index (χ2v) is 5.91. The highest BCUT2D eigenvalue weighted by Crippen LogP contribution is 2.28. The van der Waals surface area contributed by atoms with Crippen molar-refractivity contribution in [1.82, 2.24) is 15.4 Å². The summed E-state index contributed by atoms with van der Waals surface area (Å²) in [6.45, 7) is 2.15. The van der Waals surface area contributed by atoms with Crippen LogP contribution in [0.2, 0.25) is 0 Å². The first-order valence-corrected chi connectivity index (χ1v) is 8.45. The van der Waals surface area contributed by atoms with E-state index in [2.05, 4.69) is 26.1 Å². The lowest BCUT2D eigenvalue weighted by Crippen LogP contribution is -2.30. The standard InChI is InChI=1S/C19H18N6O3/c1-13-7-5-6-10-15(13)19(26)24-23-18-16(25(27)28)17(21-12-22-18)20-11-14-8-3-2-4-9-14/h2-10,12H,11H2,1H3,(H,24,26)(H2,20,21,22,23). The van der Waals surface area contributed by atoms with Crippen LogP contribution < -0.4 is 16.2 Å². The van der Waals surface area contributed by atoms with E-state index in [9.17, 15) is 14.9 Å². The second kappa shape index (κ2) is 8.58. The molecule has 0 spiro atoms. The van der Waals surface area contributed by atoms with Crippen molar-refractivity contribution in [3.05, 3.63) is 87.7 Å². The Hall–Kier alpha value is -4.01. The number of anilines is 2. The third-order valence-electron chi connectivity index (χ3n) is 3.99. The van der Waals surface area contributed by atoms with E-state index in [0.29, 0.717) is 12.1 Å². The molecule has 1 heterocycles. The van der Waals surface area contributed by atoms with Crippen LogP contribution in [0.25, 0.3) is 0 Å². The zero-order valence-electron chi connectivity index (χ0n) is 15.0. The first-order chi connectivity index (χ1) is 13.6. The van der Waals surface area contributed by atoms with Crippen LogP contribution in [0.3, 0.4) is 0 Å². The lowest BCUT2D eigenvalue weighted by Gasteiger charge is -2.11. The molecule has 3 rings (SSSR count). The molecular formula is C19H18N6O3. The Morgan fingerprint density at radius 3 is 2.43 bits per heavy atom. The van der Waals surface area contributed by atoms with Gasteiger partial charge in [0.2, 0.25) is 11.6 Å². The van der Waals surface area contributed by atoms with Crippen LogP contribution in [-0.2, 0) is 6.54 Å². The third kappa shape index (κ3) is 4.39. The number of aryl methyl sites for hydroxylation is 1. The Morgan fingerprint density at radius 2 is 1.71 bits per heavy atom. The number of aromatic nitrogens is 2. The summed E-state index contributed by atoms with van der Waals surface area (Å²) in [6, 6.07) is 16.4. The summed E-state index contributed by atoms with van der Waals surface area (Å²) in [6.07, 6.45) is 1.18. The Morgan fingerprint density at radius 1 is 1.04 bits per heavy atom. The lowest BCUT2D eigenvalue weighted by atomic mass is 10.1. The molecule has 9 heteroatoms. The van der Waals surface area contributed by atoms with Crippen LogP contribution in [0.15, 0.2) is 60.9 Å². The van der Waals surface area contributed by atoms with Gasteiger partial charge in [-0.15, -0.1) is 0 Å². The van der Waals surface area contributed by atoms with Gasteiger partial charge in [0.15, 0.2) is 0 Å². The lowest BCUT2D eigenvalue weighted by molar-refractivity contribution is -0.383. The van der Waals surface area contributed by atoms with Gasteiger partial charge in [-0.2, -0.15) is 0 Å². The van der Waals surface area contributed by atoms with Gasteiger partial charge in [-0.3, -0.25) is 25.8 Å². The van der Waals surface area contributed by atoms with Crippen molar-refractivity contribution in [2.24, 2.45) is 0 Å². The fraction of sp³-hybridized carbons (Fsp3) is 0.105. The molecule has 0 saturated carbocycles. The summed E-state index contributed by atoms with van der Waals surface area (Å²) >= 11 is 0.